The van der Waals surface area contributed by atoms with Gasteiger partial charge in [-0.2, -0.15) is 0 Å². The molecule has 0 rings (SSSR count). The van der Waals surface area contributed by atoms with Crippen molar-refractivity contribution in [3.63, 3.8) is 0 Å². The van der Waals surface area contributed by atoms with Crippen LogP contribution in [0.5, 0.6) is 0 Å². The van der Waals surface area contributed by atoms with Gasteiger partial charge in [0.2, 0.25) is 0 Å². The fourth-order valence-corrected chi connectivity index (χ4v) is 0. The zero-order valence-electron chi connectivity index (χ0n) is 4.68. The third-order valence-electron chi connectivity index (χ3n) is 0.0816. The minimum absolute atomic E-state index is 0. The van der Waals surface area contributed by atoms with Gasteiger partial charge in [-0.1, -0.05) is 0 Å². The largest absolute Gasteiger partial charge is 1.00 e. The molecule has 0 aliphatic heterocycles. The van der Waals surface area contributed by atoms with Crippen molar-refractivity contribution in [2.75, 3.05) is 6.61 Å². The number of hydrogen-bond donors (Lipinski definition) is 1. The summed E-state index contributed by atoms with van der Waals surface area (Å²) in [6, 6.07) is 0. The lowest BCUT2D eigenvalue weighted by molar-refractivity contribution is 0.353. The first-order valence-electron chi connectivity index (χ1n) is 0.983. The van der Waals surface area contributed by atoms with Crippen LogP contribution < -0.4 is 0 Å². The van der Waals surface area contributed by atoms with Crippen LogP contribution in [0.3, 0.4) is 0 Å². The minimum atomic E-state index is -0.250. The molecule has 0 aliphatic carbocycles. The zero-order valence-corrected chi connectivity index (χ0v) is 2.68. The molecule has 0 bridgehead atoms. The van der Waals surface area contributed by atoms with E-state index in [1.807, 2.05) is 0 Å². The van der Waals surface area contributed by atoms with Crippen LogP contribution in [0.15, 0.2) is 0 Å². The predicted molar refractivity (Wildman–Crippen MR) is 20.9 cm³/mol. The van der Waals surface area contributed by atoms with E-state index < -0.39 is 0 Å². The molecule has 32 valence electrons. The monoisotopic (exact) mass is 81.1 g/mol. The minimum Gasteiger partial charge on any atom is -0.412 e. The maximum Gasteiger partial charge on any atom is 1.00 e. The number of aldehydes is 1. The van der Waals surface area contributed by atoms with Gasteiger partial charge in [0.15, 0.2) is 6.61 Å². The fraction of sp³-hybridized carbons (Fsp3) is 0.500. The molecule has 0 radical (unpaired) electrons. The van der Waals surface area contributed by atoms with Crippen LogP contribution in [-0.4, -0.2) is 28.3 Å². The molecular weight excluding hydrogens is 72.0 g/mol. The summed E-state index contributed by atoms with van der Waals surface area (Å²) in [5, 5.41) is 7.57. The zero-order chi connectivity index (χ0) is 3.41. The van der Waals surface area contributed by atoms with Gasteiger partial charge in [0.05, 0.1) is 0 Å². The second kappa shape index (κ2) is 9.53. The molecule has 5 heavy (non-hydrogen) atoms. The molecule has 0 aromatic rings. The van der Waals surface area contributed by atoms with E-state index in [4.69, 9.17) is 9.90 Å². The molecule has 0 aliphatic rings. The maximum absolute atomic E-state index is 7.57. The Morgan fingerprint density at radius 1 is 2.00 bits per heavy atom. The van der Waals surface area contributed by atoms with Gasteiger partial charge >= 0.3 is 9.14 Å². The first-order chi connectivity index (χ1) is 1.91. The van der Waals surface area contributed by atoms with Crippen molar-refractivity contribution in [1.29, 1.82) is 0 Å². The predicted octanol–water partition coefficient (Wildman–Crippen LogP) is -1.45. The molecule has 3 heteroatoms. The van der Waals surface area contributed by atoms with E-state index in [2.05, 4.69) is 0 Å². The lowest BCUT2D eigenvalue weighted by Gasteiger charge is -1.48. The van der Waals surface area contributed by atoms with Crippen molar-refractivity contribution in [2.24, 2.45) is 0 Å². The van der Waals surface area contributed by atoms with Crippen LogP contribution in [0.4, 0.5) is 0 Å². The Morgan fingerprint density at radius 2 is 2.20 bits per heavy atom. The molecule has 3 nitrogen and oxygen atoms in total. The summed E-state index contributed by atoms with van der Waals surface area (Å²) in [4.78, 5) is 7.50. The first-order valence-corrected chi connectivity index (χ1v) is 0.983. The van der Waals surface area contributed by atoms with E-state index in [-0.39, 0.29) is 14.9 Å². The Hall–Kier alpha value is -0.410. The summed E-state index contributed by atoms with van der Waals surface area (Å²) >= 11 is 0. The number of carbonyl (C=O) groups excluding carboxylic acids is 1. The maximum atomic E-state index is 7.57. The summed E-state index contributed by atoms with van der Waals surface area (Å²) in [7, 11) is 0. The van der Waals surface area contributed by atoms with Crippen molar-refractivity contribution in [1.82, 2.24) is 0 Å². The second-order valence-electron chi connectivity index (χ2n) is 0.365. The highest BCUT2D eigenvalue weighted by Crippen LogP contribution is 1.26. The van der Waals surface area contributed by atoms with Crippen LogP contribution in [-0.2, 0) is 0 Å². The molecule has 0 atom stereocenters. The number of aliphatic hydroxyl groups excluding tert-OH is 1. The van der Waals surface area contributed by atoms with Gasteiger partial charge in [-0.05, 0) is 0 Å². The first kappa shape index (κ1) is 8.82. The summed E-state index contributed by atoms with van der Waals surface area (Å²) < 4.78 is 0. The highest BCUT2D eigenvalue weighted by molar-refractivity contribution is 5.51. The Balaban J connectivity index is -0.0000000150. The summed E-state index contributed by atoms with van der Waals surface area (Å²) in [5.74, 6) is 0. The fourth-order valence-electron chi connectivity index (χ4n) is 0. The topological polar surface area (TPSA) is 73.1 Å². The van der Waals surface area contributed by atoms with Gasteiger partial charge in [0.1, 0.15) is 0 Å². The average Bonchev–Trinajstić information content (AvgIpc) is 1.37. The quantitative estimate of drug-likeness (QED) is 0.304. The molecule has 0 fully saturated rings. The molecule has 0 saturated carbocycles. The molecule has 0 aromatic heterocycles. The summed E-state index contributed by atoms with van der Waals surface area (Å²) in [5.41, 5.74) is 0. The van der Waals surface area contributed by atoms with Gasteiger partial charge in [-0.3, -0.25) is 4.79 Å². The molecule has 4 N–H and O–H groups in total. The Bertz CT molecular complexity index is 24.9. The highest BCUT2D eigenvalue weighted by atomic mass is 16.3. The number of rotatable bonds is 1. The third-order valence-corrected chi connectivity index (χ3v) is 0.0816. The van der Waals surface area contributed by atoms with Crippen LogP contribution in [0.1, 0.15) is 2.85 Å². The van der Waals surface area contributed by atoms with E-state index in [0.717, 1.165) is 0 Å². The molecular formula is C2H9O3+3. The number of hydrogen-bond acceptors (Lipinski definition) is 1. The van der Waals surface area contributed by atoms with Crippen molar-refractivity contribution in [2.45, 2.75) is 0 Å². The highest BCUT2D eigenvalue weighted by Gasteiger charge is 1.61. The Kier molecular flexibility index (Phi) is 16.8. The SMILES string of the molecule is O.OCC=[OH+].[H+].[H+]. The van der Waals surface area contributed by atoms with Gasteiger partial charge in [0.25, 0.3) is 0 Å². The van der Waals surface area contributed by atoms with Crippen LogP contribution >= 0.6 is 0 Å². The Morgan fingerprint density at radius 3 is 2.20 bits per heavy atom. The van der Waals surface area contributed by atoms with Gasteiger partial charge in [0, 0.05) is 0 Å². The van der Waals surface area contributed by atoms with E-state index in [1.165, 1.54) is 0 Å². The van der Waals surface area contributed by atoms with Crippen LogP contribution in [0, 0.1) is 0 Å². The average molecular weight is 81.1 g/mol. The van der Waals surface area contributed by atoms with E-state index in [9.17, 15) is 0 Å². The van der Waals surface area contributed by atoms with Gasteiger partial charge in [-0.25, -0.2) is 0 Å². The lowest BCUT2D eigenvalue weighted by Crippen LogP contribution is -1.76. The second-order valence-corrected chi connectivity index (χ2v) is 0.365. The Labute approximate surface area is 32.5 Å². The van der Waals surface area contributed by atoms with E-state index >= 15 is 0 Å². The summed E-state index contributed by atoms with van der Waals surface area (Å²) in [6.07, 6.45) is 0.681. The molecule has 0 heterocycles. The molecule has 0 aromatic carbocycles. The number of aliphatic hydroxyl groups is 1. The van der Waals surface area contributed by atoms with Crippen LogP contribution in [0.25, 0.3) is 0 Å². The molecule has 0 spiro atoms. The van der Waals surface area contributed by atoms with Crippen molar-refractivity contribution < 1.29 is 18.2 Å². The summed E-state index contributed by atoms with van der Waals surface area (Å²) in [6.45, 7) is -0.250. The molecule has 0 amide bonds. The third kappa shape index (κ3) is 26.1. The van der Waals surface area contributed by atoms with Crippen molar-refractivity contribution in [3.8, 4) is 0 Å². The molecule has 0 saturated heterocycles. The standard InChI is InChI=1S/C2H4O2.H2O/c3-1-2-4;/h1,4H,2H2;1H2/p+3. The molecule has 0 unspecified atom stereocenters. The van der Waals surface area contributed by atoms with Crippen molar-refractivity contribution in [3.05, 3.63) is 0 Å². The van der Waals surface area contributed by atoms with E-state index in [1.54, 1.807) is 0 Å². The van der Waals surface area contributed by atoms with E-state index in [0.29, 0.717) is 6.29 Å². The smallest absolute Gasteiger partial charge is 0.412 e. The van der Waals surface area contributed by atoms with Gasteiger partial charge in [-0.15, -0.1) is 0 Å². The van der Waals surface area contributed by atoms with Crippen molar-refractivity contribution >= 4 is 6.29 Å². The van der Waals surface area contributed by atoms with Crippen LogP contribution in [0.2, 0.25) is 0 Å². The van der Waals surface area contributed by atoms with Gasteiger partial charge < -0.3 is 10.6 Å². The normalized spacial score (nSPS) is 5.00. The lowest BCUT2D eigenvalue weighted by atomic mass is 10.9.